The van der Waals surface area contributed by atoms with Crippen LogP contribution in [-0.4, -0.2) is 23.6 Å². The van der Waals surface area contributed by atoms with E-state index in [1.165, 1.54) is 18.0 Å². The predicted octanol–water partition coefficient (Wildman–Crippen LogP) is 3.47. The number of aromatic nitrogens is 2. The minimum atomic E-state index is -0.324. The molecule has 1 aliphatic heterocycles. The Morgan fingerprint density at radius 3 is 2.95 bits per heavy atom. The van der Waals surface area contributed by atoms with E-state index in [0.29, 0.717) is 5.52 Å². The van der Waals surface area contributed by atoms with E-state index >= 15 is 0 Å². The minimum Gasteiger partial charge on any atom is -0.497 e. The van der Waals surface area contributed by atoms with Crippen LogP contribution in [0.2, 0.25) is 0 Å². The second kappa shape index (κ2) is 4.94. The molecule has 3 aromatic rings. The highest BCUT2D eigenvalue weighted by Gasteiger charge is 2.24. The van der Waals surface area contributed by atoms with Gasteiger partial charge in [0.05, 0.1) is 7.11 Å². The second-order valence-corrected chi connectivity index (χ2v) is 5.23. The Hall–Kier alpha value is -2.69. The van der Waals surface area contributed by atoms with Crippen molar-refractivity contribution in [2.24, 2.45) is 0 Å². The number of anilines is 2. The summed E-state index contributed by atoms with van der Waals surface area (Å²) in [6.45, 7) is 0.811. The fourth-order valence-corrected chi connectivity index (χ4v) is 2.98. The molecule has 0 saturated heterocycles. The Bertz CT molecular complexity index is 866. The molecule has 2 heterocycles. The van der Waals surface area contributed by atoms with Crippen molar-refractivity contribution in [3.8, 4) is 5.75 Å². The maximum atomic E-state index is 13.9. The van der Waals surface area contributed by atoms with Crippen molar-refractivity contribution in [3.05, 3.63) is 54.1 Å². The van der Waals surface area contributed by atoms with Gasteiger partial charge in [0.2, 0.25) is 0 Å². The molecule has 0 radical (unpaired) electrons. The van der Waals surface area contributed by atoms with Crippen LogP contribution in [0.15, 0.2) is 42.7 Å². The molecule has 0 aliphatic carbocycles. The van der Waals surface area contributed by atoms with Crippen LogP contribution in [0.5, 0.6) is 5.75 Å². The smallest absolute Gasteiger partial charge is 0.149 e. The van der Waals surface area contributed by atoms with Gasteiger partial charge in [-0.1, -0.05) is 6.07 Å². The number of halogens is 1. The van der Waals surface area contributed by atoms with Gasteiger partial charge in [0.25, 0.3) is 0 Å². The number of hydrogen-bond acceptors (Lipinski definition) is 4. The molecule has 5 heteroatoms. The zero-order valence-corrected chi connectivity index (χ0v) is 12.1. The third kappa shape index (κ3) is 1.89. The molecular formula is C17H14FN3O. The summed E-state index contributed by atoms with van der Waals surface area (Å²) in [6, 6.07) is 11.0. The van der Waals surface area contributed by atoms with Crippen LogP contribution < -0.4 is 9.64 Å². The summed E-state index contributed by atoms with van der Waals surface area (Å²) in [5.41, 5.74) is 2.65. The molecular weight excluding hydrogens is 281 g/mol. The summed E-state index contributed by atoms with van der Waals surface area (Å²) < 4.78 is 19.2. The van der Waals surface area contributed by atoms with Crippen molar-refractivity contribution in [1.29, 1.82) is 0 Å². The lowest BCUT2D eigenvalue weighted by atomic mass is 10.1. The summed E-state index contributed by atoms with van der Waals surface area (Å²) in [5, 5.41) is 0.728. The number of methoxy groups -OCH3 is 1. The van der Waals surface area contributed by atoms with Crippen molar-refractivity contribution < 1.29 is 9.13 Å². The van der Waals surface area contributed by atoms with Gasteiger partial charge in [0.15, 0.2) is 0 Å². The lowest BCUT2D eigenvalue weighted by Gasteiger charge is -2.20. The van der Waals surface area contributed by atoms with E-state index in [0.717, 1.165) is 35.6 Å². The monoisotopic (exact) mass is 295 g/mol. The van der Waals surface area contributed by atoms with Gasteiger partial charge in [-0.05, 0) is 42.3 Å². The highest BCUT2D eigenvalue weighted by molar-refractivity contribution is 5.92. The average molecular weight is 295 g/mol. The van der Waals surface area contributed by atoms with Gasteiger partial charge >= 0.3 is 0 Å². The first-order valence-electron chi connectivity index (χ1n) is 7.11. The Labute approximate surface area is 127 Å². The quantitative estimate of drug-likeness (QED) is 0.725. The normalized spacial score (nSPS) is 13.5. The largest absolute Gasteiger partial charge is 0.497 e. The molecule has 110 valence electrons. The average Bonchev–Trinajstić information content (AvgIpc) is 2.97. The number of para-hydroxylation sites is 1. The zero-order valence-electron chi connectivity index (χ0n) is 12.1. The van der Waals surface area contributed by atoms with Crippen LogP contribution in [0.1, 0.15) is 5.56 Å². The number of rotatable bonds is 2. The Morgan fingerprint density at radius 1 is 1.18 bits per heavy atom. The summed E-state index contributed by atoms with van der Waals surface area (Å²) >= 11 is 0. The molecule has 0 N–H and O–H groups in total. The van der Waals surface area contributed by atoms with E-state index in [9.17, 15) is 4.39 Å². The van der Waals surface area contributed by atoms with Gasteiger partial charge in [-0.25, -0.2) is 14.4 Å². The minimum absolute atomic E-state index is 0.324. The molecule has 4 rings (SSSR count). The molecule has 0 fully saturated rings. The van der Waals surface area contributed by atoms with Crippen LogP contribution in [0.3, 0.4) is 0 Å². The van der Waals surface area contributed by atoms with E-state index < -0.39 is 0 Å². The van der Waals surface area contributed by atoms with E-state index in [1.54, 1.807) is 13.2 Å². The summed E-state index contributed by atoms with van der Waals surface area (Å²) in [5.74, 6) is 1.27. The Kier molecular flexibility index (Phi) is 2.92. The maximum Gasteiger partial charge on any atom is 0.149 e. The second-order valence-electron chi connectivity index (χ2n) is 5.23. The highest BCUT2D eigenvalue weighted by atomic mass is 19.1. The highest BCUT2D eigenvalue weighted by Crippen LogP contribution is 2.38. The first-order valence-corrected chi connectivity index (χ1v) is 7.11. The third-order valence-corrected chi connectivity index (χ3v) is 4.03. The maximum absolute atomic E-state index is 13.9. The van der Waals surface area contributed by atoms with Crippen molar-refractivity contribution in [1.82, 2.24) is 9.97 Å². The van der Waals surface area contributed by atoms with Crippen LogP contribution in [0.25, 0.3) is 10.9 Å². The first kappa shape index (κ1) is 13.0. The molecule has 0 atom stereocenters. The fourth-order valence-electron chi connectivity index (χ4n) is 2.98. The molecule has 0 spiro atoms. The Balaban J connectivity index is 1.87. The summed E-state index contributed by atoms with van der Waals surface area (Å²) in [6.07, 6.45) is 2.33. The van der Waals surface area contributed by atoms with E-state index in [1.807, 2.05) is 24.3 Å². The van der Waals surface area contributed by atoms with Gasteiger partial charge in [0.1, 0.15) is 29.2 Å². The molecule has 0 unspecified atom stereocenters. The molecule has 2 aromatic carbocycles. The van der Waals surface area contributed by atoms with Gasteiger partial charge in [0, 0.05) is 17.6 Å². The summed E-state index contributed by atoms with van der Waals surface area (Å²) in [4.78, 5) is 10.6. The van der Waals surface area contributed by atoms with E-state index in [-0.39, 0.29) is 5.82 Å². The SMILES string of the molecule is COc1ccc2c(c1)CCN2c1ncnc2c(F)cccc12. The van der Waals surface area contributed by atoms with Gasteiger partial charge in [-0.2, -0.15) is 0 Å². The topological polar surface area (TPSA) is 38.2 Å². The standard InChI is InChI=1S/C17H14FN3O/c1-22-12-5-6-15-11(9-12)7-8-21(15)17-13-3-2-4-14(18)16(13)19-10-20-17/h2-6,9-10H,7-8H2,1H3. The van der Waals surface area contributed by atoms with E-state index in [4.69, 9.17) is 4.74 Å². The molecule has 1 aromatic heterocycles. The zero-order chi connectivity index (χ0) is 15.1. The molecule has 0 amide bonds. The molecule has 0 saturated carbocycles. The number of fused-ring (bicyclic) bond motifs is 2. The first-order chi connectivity index (χ1) is 10.8. The van der Waals surface area contributed by atoms with Crippen LogP contribution in [0, 0.1) is 5.82 Å². The third-order valence-electron chi connectivity index (χ3n) is 4.03. The van der Waals surface area contributed by atoms with Gasteiger partial charge < -0.3 is 9.64 Å². The molecule has 22 heavy (non-hydrogen) atoms. The predicted molar refractivity (Wildman–Crippen MR) is 83.2 cm³/mol. The number of benzene rings is 2. The fraction of sp³-hybridized carbons (Fsp3) is 0.176. The molecule has 1 aliphatic rings. The lowest BCUT2D eigenvalue weighted by molar-refractivity contribution is 0.414. The van der Waals surface area contributed by atoms with E-state index in [2.05, 4.69) is 14.9 Å². The van der Waals surface area contributed by atoms with Crippen molar-refractivity contribution in [2.75, 3.05) is 18.6 Å². The van der Waals surface area contributed by atoms with Crippen LogP contribution in [-0.2, 0) is 6.42 Å². The van der Waals surface area contributed by atoms with Crippen LogP contribution in [0.4, 0.5) is 15.9 Å². The Morgan fingerprint density at radius 2 is 2.09 bits per heavy atom. The van der Waals surface area contributed by atoms with Crippen molar-refractivity contribution in [2.45, 2.75) is 6.42 Å². The summed E-state index contributed by atoms with van der Waals surface area (Å²) in [7, 11) is 1.66. The lowest BCUT2D eigenvalue weighted by Crippen LogP contribution is -2.15. The molecule has 0 bridgehead atoms. The van der Waals surface area contributed by atoms with Crippen LogP contribution >= 0.6 is 0 Å². The van der Waals surface area contributed by atoms with Gasteiger partial charge in [-0.3, -0.25) is 0 Å². The van der Waals surface area contributed by atoms with Gasteiger partial charge in [-0.15, -0.1) is 0 Å². The number of ether oxygens (including phenoxy) is 1. The molecule has 4 nitrogen and oxygen atoms in total. The number of nitrogens with zero attached hydrogens (tertiary/aromatic N) is 3. The van der Waals surface area contributed by atoms with Crippen molar-refractivity contribution >= 4 is 22.4 Å². The van der Waals surface area contributed by atoms with Crippen molar-refractivity contribution in [3.63, 3.8) is 0 Å². The number of hydrogen-bond donors (Lipinski definition) is 0.